The average Bonchev–Trinajstić information content (AvgIpc) is 2.58. The summed E-state index contributed by atoms with van der Waals surface area (Å²) in [6.45, 7) is 1.95. The van der Waals surface area contributed by atoms with Crippen molar-refractivity contribution in [1.82, 2.24) is 0 Å². The number of aryl methyl sites for hydroxylation is 2. The van der Waals surface area contributed by atoms with E-state index in [0.29, 0.717) is 0 Å². The molecule has 2 aromatic carbocycles. The van der Waals surface area contributed by atoms with Gasteiger partial charge in [0, 0.05) is 12.0 Å². The van der Waals surface area contributed by atoms with Gasteiger partial charge in [-0.2, -0.15) is 0 Å². The van der Waals surface area contributed by atoms with Crippen LogP contribution in [0.4, 0.5) is 8.78 Å². The lowest BCUT2D eigenvalue weighted by atomic mass is 9.84. The molecule has 0 radical (unpaired) electrons. The van der Waals surface area contributed by atoms with Crippen molar-refractivity contribution >= 4 is 0 Å². The first-order chi connectivity index (χ1) is 10.1. The van der Waals surface area contributed by atoms with Crippen LogP contribution < -0.4 is 5.73 Å². The van der Waals surface area contributed by atoms with Crippen molar-refractivity contribution in [2.45, 2.75) is 38.1 Å². The van der Waals surface area contributed by atoms with Gasteiger partial charge in [0.2, 0.25) is 0 Å². The van der Waals surface area contributed by atoms with Crippen molar-refractivity contribution in [1.29, 1.82) is 0 Å². The molecular formula is C18H19F2N. The quantitative estimate of drug-likeness (QED) is 0.889. The molecule has 21 heavy (non-hydrogen) atoms. The highest BCUT2D eigenvalue weighted by molar-refractivity contribution is 5.45. The third-order valence-electron chi connectivity index (χ3n) is 4.26. The van der Waals surface area contributed by atoms with Gasteiger partial charge in [-0.15, -0.1) is 0 Å². The van der Waals surface area contributed by atoms with Gasteiger partial charge in [-0.25, -0.2) is 8.78 Å². The first-order valence-electron chi connectivity index (χ1n) is 7.37. The predicted octanol–water partition coefficient (Wildman–Crippen LogP) is 3.93. The first kappa shape index (κ1) is 14.2. The molecule has 110 valence electrons. The van der Waals surface area contributed by atoms with Gasteiger partial charge in [0.15, 0.2) is 11.6 Å². The maximum atomic E-state index is 13.7. The van der Waals surface area contributed by atoms with Crippen LogP contribution in [0.5, 0.6) is 0 Å². The SMILES string of the molecule is CC(N)CC1c2ccccc2CCc2cc(F)c(F)cc21. The lowest BCUT2D eigenvalue weighted by Gasteiger charge is -2.22. The van der Waals surface area contributed by atoms with Gasteiger partial charge in [-0.05, 0) is 60.6 Å². The Hall–Kier alpha value is -1.74. The molecule has 0 aliphatic heterocycles. The third-order valence-corrected chi connectivity index (χ3v) is 4.26. The molecule has 2 atom stereocenters. The van der Waals surface area contributed by atoms with E-state index in [2.05, 4.69) is 12.1 Å². The van der Waals surface area contributed by atoms with E-state index in [-0.39, 0.29) is 12.0 Å². The maximum Gasteiger partial charge on any atom is 0.159 e. The number of benzene rings is 2. The summed E-state index contributed by atoms with van der Waals surface area (Å²) < 4.78 is 27.3. The Morgan fingerprint density at radius 1 is 1.05 bits per heavy atom. The van der Waals surface area contributed by atoms with E-state index in [1.54, 1.807) is 0 Å². The molecule has 3 rings (SSSR count). The van der Waals surface area contributed by atoms with Crippen LogP contribution in [0.2, 0.25) is 0 Å². The molecule has 1 nitrogen and oxygen atoms in total. The summed E-state index contributed by atoms with van der Waals surface area (Å²) in [5, 5.41) is 0. The van der Waals surface area contributed by atoms with Crippen LogP contribution in [-0.4, -0.2) is 6.04 Å². The Kier molecular flexibility index (Phi) is 3.77. The van der Waals surface area contributed by atoms with E-state index in [1.807, 2.05) is 19.1 Å². The highest BCUT2D eigenvalue weighted by Gasteiger charge is 2.25. The van der Waals surface area contributed by atoms with Gasteiger partial charge in [0.25, 0.3) is 0 Å². The molecule has 0 amide bonds. The Labute approximate surface area is 123 Å². The monoisotopic (exact) mass is 287 g/mol. The zero-order chi connectivity index (χ0) is 15.0. The molecule has 0 spiro atoms. The van der Waals surface area contributed by atoms with E-state index < -0.39 is 11.6 Å². The molecule has 0 bridgehead atoms. The van der Waals surface area contributed by atoms with Crippen LogP contribution in [0.15, 0.2) is 36.4 Å². The summed E-state index contributed by atoms with van der Waals surface area (Å²) in [5.74, 6) is -1.50. The van der Waals surface area contributed by atoms with Gasteiger partial charge in [0.1, 0.15) is 0 Å². The first-order valence-corrected chi connectivity index (χ1v) is 7.37. The normalized spacial score (nSPS) is 18.6. The second-order valence-electron chi connectivity index (χ2n) is 5.93. The largest absolute Gasteiger partial charge is 0.328 e. The summed E-state index contributed by atoms with van der Waals surface area (Å²) in [7, 11) is 0. The fourth-order valence-electron chi connectivity index (χ4n) is 3.31. The van der Waals surface area contributed by atoms with Crippen molar-refractivity contribution in [2.75, 3.05) is 0 Å². The fraction of sp³-hybridized carbons (Fsp3) is 0.333. The number of hydrogen-bond donors (Lipinski definition) is 1. The minimum atomic E-state index is -0.775. The molecule has 0 heterocycles. The predicted molar refractivity (Wildman–Crippen MR) is 80.3 cm³/mol. The summed E-state index contributed by atoms with van der Waals surface area (Å²) >= 11 is 0. The molecule has 2 unspecified atom stereocenters. The molecule has 0 fully saturated rings. The fourth-order valence-corrected chi connectivity index (χ4v) is 3.31. The van der Waals surface area contributed by atoms with E-state index in [0.717, 1.165) is 30.4 Å². The highest BCUT2D eigenvalue weighted by atomic mass is 19.2. The molecule has 2 N–H and O–H groups in total. The summed E-state index contributed by atoms with van der Waals surface area (Å²) in [4.78, 5) is 0. The minimum absolute atomic E-state index is 0.00196. The smallest absolute Gasteiger partial charge is 0.159 e. The van der Waals surface area contributed by atoms with Crippen molar-refractivity contribution in [3.8, 4) is 0 Å². The molecule has 0 saturated carbocycles. The topological polar surface area (TPSA) is 26.0 Å². The molecule has 1 aliphatic rings. The van der Waals surface area contributed by atoms with Gasteiger partial charge in [-0.3, -0.25) is 0 Å². The lowest BCUT2D eigenvalue weighted by molar-refractivity contribution is 0.502. The van der Waals surface area contributed by atoms with Gasteiger partial charge < -0.3 is 5.73 Å². The zero-order valence-electron chi connectivity index (χ0n) is 12.1. The van der Waals surface area contributed by atoms with E-state index in [9.17, 15) is 8.78 Å². The van der Waals surface area contributed by atoms with E-state index in [4.69, 9.17) is 5.73 Å². The van der Waals surface area contributed by atoms with Gasteiger partial charge >= 0.3 is 0 Å². The van der Waals surface area contributed by atoms with E-state index >= 15 is 0 Å². The molecule has 0 aromatic heterocycles. The van der Waals surface area contributed by atoms with Crippen molar-refractivity contribution in [2.24, 2.45) is 5.73 Å². The maximum absolute atomic E-state index is 13.7. The number of hydrogen-bond acceptors (Lipinski definition) is 1. The molecular weight excluding hydrogens is 268 g/mol. The number of rotatable bonds is 2. The Morgan fingerprint density at radius 2 is 1.71 bits per heavy atom. The lowest BCUT2D eigenvalue weighted by Crippen LogP contribution is -2.20. The zero-order valence-corrected chi connectivity index (χ0v) is 12.1. The average molecular weight is 287 g/mol. The summed E-state index contributed by atoms with van der Waals surface area (Å²) in [6, 6.07) is 10.9. The van der Waals surface area contributed by atoms with Gasteiger partial charge in [0.05, 0.1) is 0 Å². The number of halogens is 2. The second kappa shape index (κ2) is 5.57. The standard InChI is InChI=1S/C18H19F2N/c1-11(21)8-16-14-5-3-2-4-12(14)6-7-13-9-17(19)18(20)10-15(13)16/h2-5,9-11,16H,6-8,21H2,1H3. The third kappa shape index (κ3) is 2.70. The van der Waals surface area contributed by atoms with Crippen LogP contribution in [0.3, 0.4) is 0 Å². The van der Waals surface area contributed by atoms with Gasteiger partial charge in [-0.1, -0.05) is 24.3 Å². The number of nitrogens with two attached hydrogens (primary N) is 1. The van der Waals surface area contributed by atoms with Crippen LogP contribution in [-0.2, 0) is 12.8 Å². The summed E-state index contributed by atoms with van der Waals surface area (Å²) in [5.41, 5.74) is 10.2. The molecule has 0 saturated heterocycles. The Bertz CT molecular complexity index is 664. The molecule has 1 aliphatic carbocycles. The highest BCUT2D eigenvalue weighted by Crippen LogP contribution is 2.37. The van der Waals surface area contributed by atoms with Crippen LogP contribution in [0.1, 0.15) is 41.5 Å². The molecule has 3 heteroatoms. The second-order valence-corrected chi connectivity index (χ2v) is 5.93. The number of fused-ring (bicyclic) bond motifs is 2. The Balaban J connectivity index is 2.18. The van der Waals surface area contributed by atoms with Crippen LogP contribution in [0, 0.1) is 11.6 Å². The minimum Gasteiger partial charge on any atom is -0.328 e. The van der Waals surface area contributed by atoms with Crippen molar-refractivity contribution in [3.63, 3.8) is 0 Å². The van der Waals surface area contributed by atoms with Crippen molar-refractivity contribution in [3.05, 3.63) is 70.3 Å². The van der Waals surface area contributed by atoms with E-state index in [1.165, 1.54) is 23.3 Å². The Morgan fingerprint density at radius 3 is 2.48 bits per heavy atom. The van der Waals surface area contributed by atoms with Crippen molar-refractivity contribution < 1.29 is 8.78 Å². The van der Waals surface area contributed by atoms with Crippen LogP contribution in [0.25, 0.3) is 0 Å². The molecule has 2 aromatic rings. The summed E-state index contributed by atoms with van der Waals surface area (Å²) in [6.07, 6.45) is 2.32. The van der Waals surface area contributed by atoms with Crippen LogP contribution >= 0.6 is 0 Å².